The molecule has 1 heterocycles. The van der Waals surface area contributed by atoms with E-state index in [-0.39, 0.29) is 0 Å². The Morgan fingerprint density at radius 2 is 2.25 bits per heavy atom. The summed E-state index contributed by atoms with van der Waals surface area (Å²) in [5.74, 6) is -0.761. The number of rotatable bonds is 4. The first-order chi connectivity index (χ1) is 9.58. The maximum Gasteiger partial charge on any atom is 0.304 e. The van der Waals surface area contributed by atoms with Crippen molar-refractivity contribution >= 4 is 5.69 Å². The van der Waals surface area contributed by atoms with Crippen LogP contribution in [0.25, 0.3) is 0 Å². The maximum absolute atomic E-state index is 13.6. The van der Waals surface area contributed by atoms with Gasteiger partial charge in [0.05, 0.1) is 4.92 Å². The number of nitro benzene ring substituents is 1. The molecule has 5 nitrogen and oxygen atoms in total. The summed E-state index contributed by atoms with van der Waals surface area (Å²) in [6.07, 6.45) is 3.34. The van der Waals surface area contributed by atoms with E-state index in [0.717, 1.165) is 37.9 Å². The number of hydrogen-bond acceptors (Lipinski definition) is 4. The van der Waals surface area contributed by atoms with E-state index >= 15 is 0 Å². The molecule has 0 spiro atoms. The zero-order valence-corrected chi connectivity index (χ0v) is 11.6. The molecule has 1 aromatic rings. The van der Waals surface area contributed by atoms with Gasteiger partial charge in [0.1, 0.15) is 0 Å². The molecule has 1 atom stereocenters. The van der Waals surface area contributed by atoms with Gasteiger partial charge in [0.2, 0.25) is 5.82 Å². The molecule has 0 radical (unpaired) electrons. The third kappa shape index (κ3) is 3.74. The van der Waals surface area contributed by atoms with Crippen molar-refractivity contribution < 1.29 is 9.31 Å². The topological polar surface area (TPSA) is 58.4 Å². The molecule has 1 aromatic carbocycles. The first-order valence-corrected chi connectivity index (χ1v) is 6.91. The smallest absolute Gasteiger partial charge is 0.304 e. The fourth-order valence-corrected chi connectivity index (χ4v) is 2.66. The number of nitro groups is 1. The van der Waals surface area contributed by atoms with Crippen molar-refractivity contribution in [1.82, 2.24) is 10.2 Å². The van der Waals surface area contributed by atoms with Crippen molar-refractivity contribution in [3.05, 3.63) is 39.7 Å². The van der Waals surface area contributed by atoms with Crippen LogP contribution in [0.5, 0.6) is 0 Å². The predicted molar refractivity (Wildman–Crippen MR) is 75.0 cm³/mol. The van der Waals surface area contributed by atoms with Crippen LogP contribution in [-0.2, 0) is 6.54 Å². The highest BCUT2D eigenvalue weighted by Crippen LogP contribution is 2.20. The molecular weight excluding hydrogens is 261 g/mol. The Kier molecular flexibility index (Phi) is 5.03. The Morgan fingerprint density at radius 3 is 2.95 bits per heavy atom. The van der Waals surface area contributed by atoms with Gasteiger partial charge in [-0.3, -0.25) is 15.0 Å². The third-order valence-electron chi connectivity index (χ3n) is 3.81. The van der Waals surface area contributed by atoms with Crippen molar-refractivity contribution in [2.45, 2.75) is 31.8 Å². The highest BCUT2D eigenvalue weighted by atomic mass is 19.1. The lowest BCUT2D eigenvalue weighted by atomic mass is 10.1. The quantitative estimate of drug-likeness (QED) is 0.679. The summed E-state index contributed by atoms with van der Waals surface area (Å²) in [6, 6.07) is 4.62. The van der Waals surface area contributed by atoms with Crippen LogP contribution in [0.1, 0.15) is 24.8 Å². The summed E-state index contributed by atoms with van der Waals surface area (Å²) >= 11 is 0. The van der Waals surface area contributed by atoms with Gasteiger partial charge in [-0.2, -0.15) is 4.39 Å². The van der Waals surface area contributed by atoms with Crippen molar-refractivity contribution in [3.63, 3.8) is 0 Å². The average molecular weight is 281 g/mol. The second kappa shape index (κ2) is 6.76. The highest BCUT2D eigenvalue weighted by molar-refractivity contribution is 5.34. The minimum absolute atomic E-state index is 0.463. The lowest BCUT2D eigenvalue weighted by Crippen LogP contribution is -2.32. The average Bonchev–Trinajstić information content (AvgIpc) is 2.67. The van der Waals surface area contributed by atoms with E-state index in [1.54, 1.807) is 6.07 Å². The van der Waals surface area contributed by atoms with E-state index in [1.807, 2.05) is 7.05 Å². The fourth-order valence-electron chi connectivity index (χ4n) is 2.66. The van der Waals surface area contributed by atoms with Crippen LogP contribution in [0, 0.1) is 15.9 Å². The lowest BCUT2D eigenvalue weighted by molar-refractivity contribution is -0.387. The molecule has 110 valence electrons. The van der Waals surface area contributed by atoms with Crippen LogP contribution < -0.4 is 5.32 Å². The zero-order valence-electron chi connectivity index (χ0n) is 11.6. The van der Waals surface area contributed by atoms with E-state index in [4.69, 9.17) is 0 Å². The van der Waals surface area contributed by atoms with Crippen molar-refractivity contribution in [3.8, 4) is 0 Å². The molecule has 0 aromatic heterocycles. The molecule has 0 aliphatic carbocycles. The lowest BCUT2D eigenvalue weighted by Gasteiger charge is -2.26. The van der Waals surface area contributed by atoms with Crippen LogP contribution in [0.15, 0.2) is 18.2 Å². The summed E-state index contributed by atoms with van der Waals surface area (Å²) in [5.41, 5.74) is 0.308. The molecule has 0 saturated carbocycles. The standard InChI is InChI=1S/C14H20FN3O2/c1-17(12-3-2-7-16-8-6-12)10-11-4-5-14(18(19)20)13(15)9-11/h4-5,9,12,16H,2-3,6-8,10H2,1H3. The summed E-state index contributed by atoms with van der Waals surface area (Å²) in [6.45, 7) is 2.67. The van der Waals surface area contributed by atoms with Gasteiger partial charge in [-0.25, -0.2) is 0 Å². The van der Waals surface area contributed by atoms with E-state index in [2.05, 4.69) is 10.2 Å². The van der Waals surface area contributed by atoms with Gasteiger partial charge in [-0.15, -0.1) is 0 Å². The number of hydrogen-bond donors (Lipinski definition) is 1. The Labute approximate surface area is 117 Å². The summed E-state index contributed by atoms with van der Waals surface area (Å²) in [7, 11) is 2.02. The van der Waals surface area contributed by atoms with Gasteiger partial charge in [0.15, 0.2) is 0 Å². The van der Waals surface area contributed by atoms with E-state index in [0.29, 0.717) is 12.6 Å². The van der Waals surface area contributed by atoms with Gasteiger partial charge in [0, 0.05) is 18.7 Å². The van der Waals surface area contributed by atoms with Crippen molar-refractivity contribution in [2.75, 3.05) is 20.1 Å². The number of nitrogens with one attached hydrogen (secondary N) is 1. The molecule has 1 unspecified atom stereocenters. The van der Waals surface area contributed by atoms with Crippen LogP contribution in [0.2, 0.25) is 0 Å². The predicted octanol–water partition coefficient (Wildman–Crippen LogP) is 2.31. The van der Waals surface area contributed by atoms with Crippen LogP contribution >= 0.6 is 0 Å². The Bertz CT molecular complexity index is 473. The number of benzene rings is 1. The Morgan fingerprint density at radius 1 is 1.45 bits per heavy atom. The molecule has 1 aliphatic rings. The van der Waals surface area contributed by atoms with E-state index in [1.165, 1.54) is 12.1 Å². The SMILES string of the molecule is CN(Cc1ccc([N+](=O)[O-])c(F)c1)C1CCCNCC1. The second-order valence-electron chi connectivity index (χ2n) is 5.29. The Hall–Kier alpha value is -1.53. The maximum atomic E-state index is 13.6. The molecule has 1 saturated heterocycles. The van der Waals surface area contributed by atoms with Crippen LogP contribution in [-0.4, -0.2) is 36.0 Å². The molecular formula is C14H20FN3O2. The normalized spacial score (nSPS) is 19.9. The largest absolute Gasteiger partial charge is 0.317 e. The van der Waals surface area contributed by atoms with Crippen molar-refractivity contribution in [2.24, 2.45) is 0 Å². The van der Waals surface area contributed by atoms with Gasteiger partial charge in [-0.1, -0.05) is 6.07 Å². The number of halogens is 1. The molecule has 1 aliphatic heterocycles. The minimum atomic E-state index is -0.761. The molecule has 1 N–H and O–H groups in total. The fraction of sp³-hybridized carbons (Fsp3) is 0.571. The third-order valence-corrected chi connectivity index (χ3v) is 3.81. The monoisotopic (exact) mass is 281 g/mol. The highest BCUT2D eigenvalue weighted by Gasteiger charge is 2.18. The van der Waals surface area contributed by atoms with Gasteiger partial charge >= 0.3 is 5.69 Å². The second-order valence-corrected chi connectivity index (χ2v) is 5.29. The number of nitrogens with zero attached hydrogens (tertiary/aromatic N) is 2. The zero-order chi connectivity index (χ0) is 14.5. The van der Waals surface area contributed by atoms with E-state index in [9.17, 15) is 14.5 Å². The minimum Gasteiger partial charge on any atom is -0.317 e. The van der Waals surface area contributed by atoms with Gasteiger partial charge in [-0.05, 0) is 51.0 Å². The van der Waals surface area contributed by atoms with Crippen LogP contribution in [0.4, 0.5) is 10.1 Å². The first kappa shape index (κ1) is 14.9. The van der Waals surface area contributed by atoms with Crippen LogP contribution in [0.3, 0.4) is 0 Å². The Balaban J connectivity index is 2.01. The first-order valence-electron chi connectivity index (χ1n) is 6.91. The molecule has 2 rings (SSSR count). The molecule has 20 heavy (non-hydrogen) atoms. The summed E-state index contributed by atoms with van der Waals surface area (Å²) < 4.78 is 13.6. The van der Waals surface area contributed by atoms with E-state index < -0.39 is 16.4 Å². The van der Waals surface area contributed by atoms with Gasteiger partial charge in [0.25, 0.3) is 0 Å². The summed E-state index contributed by atoms with van der Waals surface area (Å²) in [4.78, 5) is 12.1. The van der Waals surface area contributed by atoms with Gasteiger partial charge < -0.3 is 5.32 Å². The molecule has 0 bridgehead atoms. The summed E-state index contributed by atoms with van der Waals surface area (Å²) in [5, 5.41) is 14.0. The molecule has 0 amide bonds. The molecule has 6 heteroatoms. The van der Waals surface area contributed by atoms with Crippen molar-refractivity contribution in [1.29, 1.82) is 0 Å². The molecule has 1 fully saturated rings.